The number of nitrogens with two attached hydrogens (primary N) is 1. The van der Waals surface area contributed by atoms with E-state index in [1.165, 1.54) is 11.3 Å². The minimum Gasteiger partial charge on any atom is -0.353 e. The monoisotopic (exact) mass is 353 g/mol. The van der Waals surface area contributed by atoms with Crippen molar-refractivity contribution in [2.75, 3.05) is 13.1 Å². The fourth-order valence-corrected chi connectivity index (χ4v) is 2.64. The van der Waals surface area contributed by atoms with Crippen LogP contribution in [0.3, 0.4) is 0 Å². The summed E-state index contributed by atoms with van der Waals surface area (Å²) < 4.78 is 0. The average Bonchev–Trinajstić information content (AvgIpc) is 3.07. The van der Waals surface area contributed by atoms with Gasteiger partial charge in [-0.3, -0.25) is 9.59 Å². The molecule has 23 heavy (non-hydrogen) atoms. The fraction of sp³-hybridized carbons (Fsp3) is 0.250. The zero-order valence-corrected chi connectivity index (χ0v) is 14.2. The largest absolute Gasteiger partial charge is 0.353 e. The van der Waals surface area contributed by atoms with E-state index in [2.05, 4.69) is 10.6 Å². The van der Waals surface area contributed by atoms with Crippen molar-refractivity contribution in [3.63, 3.8) is 0 Å². The Balaban J connectivity index is 0.00000264. The molecule has 4 N–H and O–H groups in total. The highest BCUT2D eigenvalue weighted by Gasteiger charge is 2.21. The molecule has 2 rings (SSSR count). The van der Waals surface area contributed by atoms with Gasteiger partial charge in [-0.25, -0.2) is 0 Å². The molecule has 0 aliphatic heterocycles. The summed E-state index contributed by atoms with van der Waals surface area (Å²) in [7, 11) is 0. The molecule has 1 unspecified atom stereocenters. The summed E-state index contributed by atoms with van der Waals surface area (Å²) in [5.41, 5.74) is 6.40. The summed E-state index contributed by atoms with van der Waals surface area (Å²) in [5, 5.41) is 7.35. The van der Waals surface area contributed by atoms with Crippen molar-refractivity contribution < 1.29 is 9.59 Å². The summed E-state index contributed by atoms with van der Waals surface area (Å²) in [4.78, 5) is 25.0. The lowest BCUT2D eigenvalue weighted by Gasteiger charge is -2.18. The van der Waals surface area contributed by atoms with E-state index in [1.807, 2.05) is 35.7 Å². The van der Waals surface area contributed by atoms with Crippen molar-refractivity contribution in [1.82, 2.24) is 10.6 Å². The molecule has 124 valence electrons. The molecule has 0 bridgehead atoms. The molecule has 0 aliphatic carbocycles. The van der Waals surface area contributed by atoms with Crippen LogP contribution in [-0.4, -0.2) is 30.9 Å². The maximum absolute atomic E-state index is 12.2. The molecule has 1 heterocycles. The number of thiophene rings is 1. The number of rotatable bonds is 7. The van der Waals surface area contributed by atoms with Gasteiger partial charge in [0.25, 0.3) is 5.91 Å². The second-order valence-electron chi connectivity index (χ2n) is 4.77. The Labute approximate surface area is 145 Å². The normalized spacial score (nSPS) is 11.2. The first-order chi connectivity index (χ1) is 10.7. The Morgan fingerprint density at radius 2 is 1.87 bits per heavy atom. The first-order valence-corrected chi connectivity index (χ1v) is 7.94. The standard InChI is InChI=1S/C16H19N3O2S.ClH/c17-8-9-18-15(20)13(11-12-5-2-1-3-6-12)19-16(21)14-7-4-10-22-14;/h1-7,10,13H,8-9,11,17H2,(H,18,20)(H,19,21);1H. The number of carbonyl (C=O) groups is 2. The zero-order valence-electron chi connectivity index (χ0n) is 12.5. The first kappa shape index (κ1) is 19.2. The SMILES string of the molecule is Cl.NCCNC(=O)C(Cc1ccccc1)NC(=O)c1cccs1. The average molecular weight is 354 g/mol. The third kappa shape index (κ3) is 6.02. The van der Waals surface area contributed by atoms with E-state index in [1.54, 1.807) is 12.1 Å². The Morgan fingerprint density at radius 3 is 2.48 bits per heavy atom. The van der Waals surface area contributed by atoms with Crippen LogP contribution in [0.25, 0.3) is 0 Å². The van der Waals surface area contributed by atoms with Gasteiger partial charge in [-0.1, -0.05) is 36.4 Å². The summed E-state index contributed by atoms with van der Waals surface area (Å²) in [6.07, 6.45) is 0.439. The van der Waals surface area contributed by atoms with Crippen molar-refractivity contribution in [2.45, 2.75) is 12.5 Å². The summed E-state index contributed by atoms with van der Waals surface area (Å²) in [5.74, 6) is -0.460. The number of hydrogen-bond acceptors (Lipinski definition) is 4. The first-order valence-electron chi connectivity index (χ1n) is 7.07. The van der Waals surface area contributed by atoms with Gasteiger partial charge in [0.05, 0.1) is 4.88 Å². The Bertz CT molecular complexity index is 605. The number of amides is 2. The van der Waals surface area contributed by atoms with Gasteiger partial charge in [0.2, 0.25) is 5.91 Å². The van der Waals surface area contributed by atoms with Gasteiger partial charge in [0, 0.05) is 19.5 Å². The predicted molar refractivity (Wildman–Crippen MR) is 95.0 cm³/mol. The maximum Gasteiger partial charge on any atom is 0.262 e. The van der Waals surface area contributed by atoms with Crippen LogP contribution in [0.2, 0.25) is 0 Å². The molecular weight excluding hydrogens is 334 g/mol. The van der Waals surface area contributed by atoms with E-state index in [0.717, 1.165) is 5.56 Å². The van der Waals surface area contributed by atoms with Crippen molar-refractivity contribution in [3.8, 4) is 0 Å². The minimum atomic E-state index is -0.622. The molecule has 1 aromatic heterocycles. The van der Waals surface area contributed by atoms with Crippen molar-refractivity contribution >= 4 is 35.6 Å². The second-order valence-corrected chi connectivity index (χ2v) is 5.72. The lowest BCUT2D eigenvalue weighted by atomic mass is 10.1. The number of hydrogen-bond donors (Lipinski definition) is 3. The van der Waals surface area contributed by atoms with Crippen LogP contribution in [0.15, 0.2) is 47.8 Å². The molecule has 1 atom stereocenters. The Hall–Kier alpha value is -1.89. The molecule has 5 nitrogen and oxygen atoms in total. The van der Waals surface area contributed by atoms with Gasteiger partial charge in [0.1, 0.15) is 6.04 Å². The predicted octanol–water partition coefficient (Wildman–Crippen LogP) is 1.59. The van der Waals surface area contributed by atoms with Gasteiger partial charge in [-0.15, -0.1) is 23.7 Å². The topological polar surface area (TPSA) is 84.2 Å². The quantitative estimate of drug-likeness (QED) is 0.706. The van der Waals surface area contributed by atoms with Gasteiger partial charge in [0.15, 0.2) is 0 Å². The second kappa shape index (κ2) is 9.99. The molecular formula is C16H20ClN3O2S. The summed E-state index contributed by atoms with van der Waals surface area (Å²) in [6, 6.07) is 12.5. The van der Waals surface area contributed by atoms with E-state index in [4.69, 9.17) is 5.73 Å². The van der Waals surface area contributed by atoms with E-state index in [9.17, 15) is 9.59 Å². The highest BCUT2D eigenvalue weighted by Crippen LogP contribution is 2.10. The molecule has 0 spiro atoms. The van der Waals surface area contributed by atoms with Crippen molar-refractivity contribution in [3.05, 3.63) is 58.3 Å². The highest BCUT2D eigenvalue weighted by atomic mass is 35.5. The van der Waals surface area contributed by atoms with E-state index >= 15 is 0 Å². The van der Waals surface area contributed by atoms with E-state index < -0.39 is 6.04 Å². The maximum atomic E-state index is 12.2. The molecule has 0 radical (unpaired) electrons. The van der Waals surface area contributed by atoms with E-state index in [-0.39, 0.29) is 24.2 Å². The fourth-order valence-electron chi connectivity index (χ4n) is 2.01. The van der Waals surface area contributed by atoms with Crippen molar-refractivity contribution in [1.29, 1.82) is 0 Å². The number of benzene rings is 1. The minimum absolute atomic E-state index is 0. The van der Waals surface area contributed by atoms with Gasteiger partial charge in [-0.05, 0) is 17.0 Å². The number of nitrogens with one attached hydrogen (secondary N) is 2. The van der Waals surface area contributed by atoms with Crippen LogP contribution >= 0.6 is 23.7 Å². The van der Waals surface area contributed by atoms with E-state index in [0.29, 0.717) is 24.4 Å². The van der Waals surface area contributed by atoms with Gasteiger partial charge >= 0.3 is 0 Å². The molecule has 1 aromatic carbocycles. The van der Waals surface area contributed by atoms with Crippen LogP contribution in [-0.2, 0) is 11.2 Å². The van der Waals surface area contributed by atoms with Gasteiger partial charge < -0.3 is 16.4 Å². The Kier molecular flexibility index (Phi) is 8.32. The molecule has 0 fully saturated rings. The van der Waals surface area contributed by atoms with Gasteiger partial charge in [-0.2, -0.15) is 0 Å². The summed E-state index contributed by atoms with van der Waals surface area (Å²) >= 11 is 1.35. The van der Waals surface area contributed by atoms with Crippen molar-refractivity contribution in [2.24, 2.45) is 5.73 Å². The third-order valence-electron chi connectivity index (χ3n) is 3.09. The smallest absolute Gasteiger partial charge is 0.262 e. The van der Waals surface area contributed by atoms with Crippen LogP contribution in [0.4, 0.5) is 0 Å². The zero-order chi connectivity index (χ0) is 15.8. The lowest BCUT2D eigenvalue weighted by molar-refractivity contribution is -0.122. The molecule has 2 amide bonds. The number of carbonyl (C=O) groups excluding carboxylic acids is 2. The van der Waals surface area contributed by atoms with Crippen LogP contribution in [0.1, 0.15) is 15.2 Å². The molecule has 0 saturated heterocycles. The Morgan fingerprint density at radius 1 is 1.13 bits per heavy atom. The molecule has 2 aromatic rings. The molecule has 0 saturated carbocycles. The summed E-state index contributed by atoms with van der Waals surface area (Å²) in [6.45, 7) is 0.752. The van der Waals surface area contributed by atoms with Crippen LogP contribution in [0.5, 0.6) is 0 Å². The highest BCUT2D eigenvalue weighted by molar-refractivity contribution is 7.12. The van der Waals surface area contributed by atoms with Crippen LogP contribution < -0.4 is 16.4 Å². The van der Waals surface area contributed by atoms with Crippen LogP contribution in [0, 0.1) is 0 Å². The molecule has 7 heteroatoms. The lowest BCUT2D eigenvalue weighted by Crippen LogP contribution is -2.48. The molecule has 0 aliphatic rings. The third-order valence-corrected chi connectivity index (χ3v) is 3.96. The number of halogens is 1.